The molecule has 4 aromatic rings. The van der Waals surface area contributed by atoms with Crippen LogP contribution in [0, 0.1) is 5.82 Å². The second kappa shape index (κ2) is 9.59. The van der Waals surface area contributed by atoms with Crippen molar-refractivity contribution >= 4 is 29.3 Å². The summed E-state index contributed by atoms with van der Waals surface area (Å²) in [6, 6.07) is 16.1. The van der Waals surface area contributed by atoms with Gasteiger partial charge in [0.25, 0.3) is 5.91 Å². The Balaban J connectivity index is 1.49. The molecule has 0 spiro atoms. The van der Waals surface area contributed by atoms with E-state index >= 15 is 0 Å². The molecule has 176 valence electrons. The fourth-order valence-corrected chi connectivity index (χ4v) is 4.66. The number of amides is 1. The molecular weight excluding hydrogens is 467 g/mol. The molecule has 0 saturated carbocycles. The van der Waals surface area contributed by atoms with E-state index in [9.17, 15) is 14.3 Å². The first-order valence-electron chi connectivity index (χ1n) is 10.8. The molecule has 3 heterocycles. The molecule has 10 heteroatoms. The number of benzene rings is 2. The Morgan fingerprint density at radius 1 is 1.17 bits per heavy atom. The number of thioether (sulfide) groups is 1. The maximum atomic E-state index is 14.1. The van der Waals surface area contributed by atoms with Gasteiger partial charge in [0, 0.05) is 17.6 Å². The minimum atomic E-state index is -0.598. The second-order valence-corrected chi connectivity index (χ2v) is 8.84. The average Bonchev–Trinajstić information content (AvgIpc) is 3.26. The van der Waals surface area contributed by atoms with Crippen LogP contribution >= 0.6 is 11.8 Å². The molecule has 0 fully saturated rings. The number of nitrogens with zero attached hydrogens (tertiary/aromatic N) is 4. The lowest BCUT2D eigenvalue weighted by atomic mass is 9.95. The normalized spacial score (nSPS) is 14.9. The zero-order valence-electron chi connectivity index (χ0n) is 18.6. The highest BCUT2D eigenvalue weighted by atomic mass is 32.2. The SMILES string of the molecule is CC1=C(C(=O)Nc2cccnc2)[C@H](c2ccc(O)cc2)n2nc(SCc3ccccc3F)nc2N1. The van der Waals surface area contributed by atoms with E-state index < -0.39 is 6.04 Å². The van der Waals surface area contributed by atoms with Crippen molar-refractivity contribution in [2.45, 2.75) is 23.9 Å². The molecule has 1 aliphatic rings. The maximum absolute atomic E-state index is 14.1. The minimum Gasteiger partial charge on any atom is -0.508 e. The number of nitrogens with one attached hydrogen (secondary N) is 2. The lowest BCUT2D eigenvalue weighted by Gasteiger charge is -2.28. The van der Waals surface area contributed by atoms with Gasteiger partial charge in [-0.2, -0.15) is 4.98 Å². The van der Waals surface area contributed by atoms with E-state index in [0.717, 1.165) is 5.56 Å². The molecule has 8 nitrogen and oxygen atoms in total. The smallest absolute Gasteiger partial charge is 0.255 e. The number of rotatable bonds is 6. The Morgan fingerprint density at radius 3 is 2.71 bits per heavy atom. The van der Waals surface area contributed by atoms with Gasteiger partial charge in [-0.3, -0.25) is 9.78 Å². The van der Waals surface area contributed by atoms with Crippen molar-refractivity contribution in [3.05, 3.63) is 101 Å². The number of phenolic OH excluding ortho intramolecular Hbond substituents is 1. The summed E-state index contributed by atoms with van der Waals surface area (Å²) in [4.78, 5) is 22.0. The van der Waals surface area contributed by atoms with Gasteiger partial charge >= 0.3 is 0 Å². The zero-order valence-corrected chi connectivity index (χ0v) is 19.5. The largest absolute Gasteiger partial charge is 0.508 e. The maximum Gasteiger partial charge on any atom is 0.255 e. The first-order chi connectivity index (χ1) is 17.0. The number of pyridine rings is 1. The predicted octanol–water partition coefficient (Wildman–Crippen LogP) is 4.74. The Morgan fingerprint density at radius 2 is 1.97 bits per heavy atom. The van der Waals surface area contributed by atoms with E-state index in [4.69, 9.17) is 0 Å². The van der Waals surface area contributed by atoms with Gasteiger partial charge in [0.1, 0.15) is 17.6 Å². The third-order valence-corrected chi connectivity index (χ3v) is 6.41. The van der Waals surface area contributed by atoms with Gasteiger partial charge in [-0.05, 0) is 48.4 Å². The van der Waals surface area contributed by atoms with Crippen molar-refractivity contribution in [3.8, 4) is 5.75 Å². The number of aromatic hydroxyl groups is 1. The first-order valence-corrected chi connectivity index (χ1v) is 11.8. The molecular formula is C25H21FN6O2S. The van der Waals surface area contributed by atoms with Crippen molar-refractivity contribution in [3.63, 3.8) is 0 Å². The zero-order chi connectivity index (χ0) is 24.4. The third-order valence-electron chi connectivity index (χ3n) is 5.52. The number of carbonyl (C=O) groups excluding carboxylic acids is 1. The molecule has 0 aliphatic carbocycles. The van der Waals surface area contributed by atoms with Gasteiger partial charge in [0.05, 0.1) is 17.5 Å². The number of anilines is 2. The highest BCUT2D eigenvalue weighted by molar-refractivity contribution is 7.98. The van der Waals surface area contributed by atoms with Crippen LogP contribution in [-0.2, 0) is 10.5 Å². The van der Waals surface area contributed by atoms with Gasteiger partial charge in [-0.25, -0.2) is 9.07 Å². The summed E-state index contributed by atoms with van der Waals surface area (Å²) in [5, 5.41) is 20.9. The lowest BCUT2D eigenvalue weighted by Crippen LogP contribution is -2.31. The molecule has 1 amide bonds. The average molecular weight is 489 g/mol. The topological polar surface area (TPSA) is 105 Å². The number of fused-ring (bicyclic) bond motifs is 1. The fraction of sp³-hybridized carbons (Fsp3) is 0.120. The van der Waals surface area contributed by atoms with E-state index in [1.54, 1.807) is 78.6 Å². The van der Waals surface area contributed by atoms with Crippen LogP contribution in [0.15, 0.2) is 89.5 Å². The van der Waals surface area contributed by atoms with Crippen molar-refractivity contribution in [1.29, 1.82) is 0 Å². The Labute approximate surface area is 204 Å². The summed E-state index contributed by atoms with van der Waals surface area (Å²) < 4.78 is 15.7. The molecule has 1 atom stereocenters. The van der Waals surface area contributed by atoms with E-state index in [0.29, 0.717) is 39.4 Å². The summed E-state index contributed by atoms with van der Waals surface area (Å²) in [5.41, 5.74) is 2.93. The van der Waals surface area contributed by atoms with Crippen LogP contribution in [0.25, 0.3) is 0 Å². The molecule has 2 aromatic heterocycles. The number of allylic oxidation sites excluding steroid dienone is 1. The standard InChI is InChI=1S/C25H21FN6O2S/c1-15-21(23(34)29-18-6-4-12-27-13-18)22(16-8-10-19(33)11-9-16)32-24(28-15)30-25(31-32)35-14-17-5-2-3-7-20(17)26/h2-13,22,33H,14H2,1H3,(H,29,34)(H,28,30,31)/t22-/m0/s1. The third kappa shape index (κ3) is 4.73. The molecule has 3 N–H and O–H groups in total. The van der Waals surface area contributed by atoms with E-state index in [-0.39, 0.29) is 17.5 Å². The Kier molecular flexibility index (Phi) is 6.19. The van der Waals surface area contributed by atoms with E-state index in [1.165, 1.54) is 17.8 Å². The van der Waals surface area contributed by atoms with Crippen LogP contribution < -0.4 is 10.6 Å². The van der Waals surface area contributed by atoms with Gasteiger partial charge in [0.2, 0.25) is 11.1 Å². The van der Waals surface area contributed by atoms with Gasteiger partial charge in [0.15, 0.2) is 0 Å². The number of phenols is 1. The number of hydrogen-bond donors (Lipinski definition) is 3. The van der Waals surface area contributed by atoms with Crippen molar-refractivity contribution in [1.82, 2.24) is 19.7 Å². The predicted molar refractivity (Wildman–Crippen MR) is 131 cm³/mol. The van der Waals surface area contributed by atoms with Gasteiger partial charge in [-0.1, -0.05) is 42.1 Å². The highest BCUT2D eigenvalue weighted by Gasteiger charge is 2.34. The summed E-state index contributed by atoms with van der Waals surface area (Å²) in [7, 11) is 0. The second-order valence-electron chi connectivity index (χ2n) is 7.90. The van der Waals surface area contributed by atoms with Crippen LogP contribution in [0.5, 0.6) is 5.75 Å². The highest BCUT2D eigenvalue weighted by Crippen LogP contribution is 2.37. The molecule has 35 heavy (non-hydrogen) atoms. The summed E-state index contributed by atoms with van der Waals surface area (Å²) in [5.74, 6) is 0.346. The number of aromatic nitrogens is 4. The number of hydrogen-bond acceptors (Lipinski definition) is 7. The molecule has 5 rings (SSSR count). The van der Waals surface area contributed by atoms with Crippen LogP contribution in [-0.4, -0.2) is 30.8 Å². The van der Waals surface area contributed by atoms with Crippen LogP contribution in [0.1, 0.15) is 24.1 Å². The summed E-state index contributed by atoms with van der Waals surface area (Å²) in [6.45, 7) is 1.80. The fourth-order valence-electron chi connectivity index (χ4n) is 3.84. The van der Waals surface area contributed by atoms with E-state index in [2.05, 4.69) is 25.7 Å². The molecule has 1 aliphatic heterocycles. The number of carbonyl (C=O) groups is 1. The van der Waals surface area contributed by atoms with Gasteiger partial charge < -0.3 is 15.7 Å². The first kappa shape index (κ1) is 22.6. The quantitative estimate of drug-likeness (QED) is 0.337. The molecule has 0 unspecified atom stereocenters. The molecule has 0 saturated heterocycles. The Hall–Kier alpha value is -4.18. The van der Waals surface area contributed by atoms with Crippen LogP contribution in [0.3, 0.4) is 0 Å². The van der Waals surface area contributed by atoms with Crippen LogP contribution in [0.4, 0.5) is 16.0 Å². The number of halogens is 1. The minimum absolute atomic E-state index is 0.115. The summed E-state index contributed by atoms with van der Waals surface area (Å²) in [6.07, 6.45) is 3.20. The molecule has 0 radical (unpaired) electrons. The molecule has 0 bridgehead atoms. The summed E-state index contributed by atoms with van der Waals surface area (Å²) >= 11 is 1.30. The van der Waals surface area contributed by atoms with E-state index in [1.807, 2.05) is 0 Å². The van der Waals surface area contributed by atoms with Crippen molar-refractivity contribution in [2.75, 3.05) is 10.6 Å². The monoisotopic (exact) mass is 488 g/mol. The van der Waals surface area contributed by atoms with Crippen molar-refractivity contribution in [2.24, 2.45) is 0 Å². The molecule has 2 aromatic carbocycles. The Bertz CT molecular complexity index is 1410. The van der Waals surface area contributed by atoms with Crippen LogP contribution in [0.2, 0.25) is 0 Å². The van der Waals surface area contributed by atoms with Gasteiger partial charge in [-0.15, -0.1) is 5.10 Å². The lowest BCUT2D eigenvalue weighted by molar-refractivity contribution is -0.113. The van der Waals surface area contributed by atoms with Crippen molar-refractivity contribution < 1.29 is 14.3 Å².